The lowest BCUT2D eigenvalue weighted by atomic mass is 10.1. The van der Waals surface area contributed by atoms with Crippen molar-refractivity contribution in [2.75, 3.05) is 20.1 Å². The lowest BCUT2D eigenvalue weighted by Gasteiger charge is -2.18. The first-order valence-electron chi connectivity index (χ1n) is 6.40. The van der Waals surface area contributed by atoms with Gasteiger partial charge in [-0.15, -0.1) is 0 Å². The van der Waals surface area contributed by atoms with Crippen LogP contribution in [0.3, 0.4) is 0 Å². The molecule has 1 atom stereocenters. The highest BCUT2D eigenvalue weighted by molar-refractivity contribution is 5.77. The Morgan fingerprint density at radius 3 is 2.30 bits per heavy atom. The molecule has 6 heteroatoms. The van der Waals surface area contributed by atoms with E-state index < -0.39 is 11.7 Å². The van der Waals surface area contributed by atoms with Crippen molar-refractivity contribution in [2.45, 2.75) is 26.1 Å². The molecule has 0 saturated heterocycles. The van der Waals surface area contributed by atoms with Crippen molar-refractivity contribution in [3.05, 3.63) is 35.4 Å². The number of nitrogens with one attached hydrogen (secondary N) is 1. The van der Waals surface area contributed by atoms with Gasteiger partial charge in [0.05, 0.1) is 12.1 Å². The fourth-order valence-corrected chi connectivity index (χ4v) is 1.63. The molecule has 0 aliphatic carbocycles. The smallest absolute Gasteiger partial charge is 0.345 e. The number of benzene rings is 1. The van der Waals surface area contributed by atoms with Crippen LogP contribution in [0.1, 0.15) is 31.0 Å². The molecule has 0 bridgehead atoms. The molecule has 0 aliphatic heterocycles. The largest absolute Gasteiger partial charge is 0.416 e. The number of hydrogen-bond acceptors (Lipinski definition) is 2. The Morgan fingerprint density at radius 2 is 1.85 bits per heavy atom. The summed E-state index contributed by atoms with van der Waals surface area (Å²) in [5.74, 6) is -0.0498. The number of carbonyl (C=O) groups excluding carboxylic acids is 1. The molecule has 0 aliphatic rings. The van der Waals surface area contributed by atoms with E-state index in [4.69, 9.17) is 0 Å². The summed E-state index contributed by atoms with van der Waals surface area (Å²) in [5.41, 5.74) is 0.0418. The number of nitrogens with zero attached hydrogens (tertiary/aromatic N) is 1. The van der Waals surface area contributed by atoms with Crippen molar-refractivity contribution in [1.29, 1.82) is 0 Å². The summed E-state index contributed by atoms with van der Waals surface area (Å²) in [6.07, 6.45) is -4.32. The van der Waals surface area contributed by atoms with E-state index in [1.165, 1.54) is 12.1 Å². The highest BCUT2D eigenvalue weighted by Gasteiger charge is 2.30. The molecule has 1 rings (SSSR count). The molecule has 0 heterocycles. The molecule has 1 N–H and O–H groups in total. The van der Waals surface area contributed by atoms with Crippen LogP contribution >= 0.6 is 0 Å². The standard InChI is InChI=1S/C14H19F3N2O/c1-4-19(3)13(20)9-18-10(2)11-5-7-12(8-6-11)14(15,16)17/h5-8,10,18H,4,9H2,1-3H3. The first kappa shape index (κ1) is 16.5. The number of halogens is 3. The van der Waals surface area contributed by atoms with Crippen LogP contribution < -0.4 is 5.32 Å². The number of hydrogen-bond donors (Lipinski definition) is 1. The highest BCUT2D eigenvalue weighted by atomic mass is 19.4. The average molecular weight is 288 g/mol. The molecule has 1 aromatic rings. The highest BCUT2D eigenvalue weighted by Crippen LogP contribution is 2.29. The van der Waals surface area contributed by atoms with Gasteiger partial charge in [-0.05, 0) is 31.5 Å². The van der Waals surface area contributed by atoms with Gasteiger partial charge in [-0.2, -0.15) is 13.2 Å². The van der Waals surface area contributed by atoms with Crippen LogP contribution in [0, 0.1) is 0 Å². The first-order chi connectivity index (χ1) is 9.25. The Balaban J connectivity index is 2.60. The monoisotopic (exact) mass is 288 g/mol. The van der Waals surface area contributed by atoms with Gasteiger partial charge in [0.1, 0.15) is 0 Å². The van der Waals surface area contributed by atoms with Crippen LogP contribution in [-0.4, -0.2) is 30.9 Å². The number of carbonyl (C=O) groups is 1. The van der Waals surface area contributed by atoms with Crippen molar-refractivity contribution in [3.63, 3.8) is 0 Å². The van der Waals surface area contributed by atoms with Gasteiger partial charge in [0.25, 0.3) is 0 Å². The third-order valence-electron chi connectivity index (χ3n) is 3.20. The molecule has 0 radical (unpaired) electrons. The minimum atomic E-state index is -4.32. The molecule has 1 unspecified atom stereocenters. The zero-order valence-electron chi connectivity index (χ0n) is 11.8. The number of rotatable bonds is 5. The van der Waals surface area contributed by atoms with Crippen LogP contribution in [0.5, 0.6) is 0 Å². The van der Waals surface area contributed by atoms with E-state index in [0.29, 0.717) is 12.1 Å². The van der Waals surface area contributed by atoms with Gasteiger partial charge in [-0.3, -0.25) is 4.79 Å². The van der Waals surface area contributed by atoms with Crippen LogP contribution in [-0.2, 0) is 11.0 Å². The van der Waals surface area contributed by atoms with Gasteiger partial charge < -0.3 is 10.2 Å². The topological polar surface area (TPSA) is 32.3 Å². The third kappa shape index (κ3) is 4.52. The Morgan fingerprint density at radius 1 is 1.30 bits per heavy atom. The second-order valence-electron chi connectivity index (χ2n) is 4.63. The Labute approximate surface area is 116 Å². The molecular formula is C14H19F3N2O. The van der Waals surface area contributed by atoms with Crippen molar-refractivity contribution < 1.29 is 18.0 Å². The Hall–Kier alpha value is -1.56. The number of likely N-dealkylation sites (N-methyl/N-ethyl adjacent to an activating group) is 1. The normalized spacial score (nSPS) is 13.1. The summed E-state index contributed by atoms with van der Waals surface area (Å²) in [5, 5.41) is 3.00. The van der Waals surface area contributed by atoms with Gasteiger partial charge in [0.2, 0.25) is 5.91 Å². The zero-order chi connectivity index (χ0) is 15.3. The van der Waals surface area contributed by atoms with E-state index >= 15 is 0 Å². The first-order valence-corrected chi connectivity index (χ1v) is 6.40. The third-order valence-corrected chi connectivity index (χ3v) is 3.20. The van der Waals surface area contributed by atoms with Crippen molar-refractivity contribution >= 4 is 5.91 Å². The van der Waals surface area contributed by atoms with Crippen molar-refractivity contribution in [3.8, 4) is 0 Å². The van der Waals surface area contributed by atoms with Crippen LogP contribution in [0.2, 0.25) is 0 Å². The van der Waals surface area contributed by atoms with E-state index in [0.717, 1.165) is 12.1 Å². The molecule has 0 spiro atoms. The molecule has 1 aromatic carbocycles. The summed E-state index contributed by atoms with van der Waals surface area (Å²) >= 11 is 0. The van der Waals surface area contributed by atoms with Gasteiger partial charge >= 0.3 is 6.18 Å². The van der Waals surface area contributed by atoms with Crippen molar-refractivity contribution in [1.82, 2.24) is 10.2 Å². The fraction of sp³-hybridized carbons (Fsp3) is 0.500. The average Bonchev–Trinajstić information content (AvgIpc) is 2.42. The fourth-order valence-electron chi connectivity index (χ4n) is 1.63. The molecule has 3 nitrogen and oxygen atoms in total. The lowest BCUT2D eigenvalue weighted by Crippen LogP contribution is -2.36. The summed E-state index contributed by atoms with van der Waals surface area (Å²) in [6.45, 7) is 4.46. The van der Waals surface area contributed by atoms with E-state index in [9.17, 15) is 18.0 Å². The van der Waals surface area contributed by atoms with Gasteiger partial charge in [0, 0.05) is 19.6 Å². The van der Waals surface area contributed by atoms with Crippen LogP contribution in [0.15, 0.2) is 24.3 Å². The summed E-state index contributed by atoms with van der Waals surface area (Å²) < 4.78 is 37.3. The molecule has 0 saturated carbocycles. The molecular weight excluding hydrogens is 269 g/mol. The number of amides is 1. The van der Waals surface area contributed by atoms with E-state index in [2.05, 4.69) is 5.32 Å². The summed E-state index contributed by atoms with van der Waals surface area (Å²) in [4.78, 5) is 13.2. The second kappa shape index (κ2) is 6.74. The molecule has 0 aromatic heterocycles. The molecule has 0 fully saturated rings. The quantitative estimate of drug-likeness (QED) is 0.903. The molecule has 1 amide bonds. The molecule has 20 heavy (non-hydrogen) atoms. The molecule has 112 valence electrons. The zero-order valence-corrected chi connectivity index (χ0v) is 11.8. The minimum Gasteiger partial charge on any atom is -0.345 e. The number of alkyl halides is 3. The van der Waals surface area contributed by atoms with E-state index in [-0.39, 0.29) is 18.5 Å². The SMILES string of the molecule is CCN(C)C(=O)CNC(C)c1ccc(C(F)(F)F)cc1. The summed E-state index contributed by atoms with van der Waals surface area (Å²) in [7, 11) is 1.70. The summed E-state index contributed by atoms with van der Waals surface area (Å²) in [6, 6.07) is 4.76. The second-order valence-corrected chi connectivity index (χ2v) is 4.63. The predicted molar refractivity (Wildman–Crippen MR) is 71.2 cm³/mol. The Bertz CT molecular complexity index is 443. The maximum Gasteiger partial charge on any atom is 0.416 e. The van der Waals surface area contributed by atoms with E-state index in [1.807, 2.05) is 13.8 Å². The maximum absolute atomic E-state index is 12.4. The van der Waals surface area contributed by atoms with Gasteiger partial charge in [0.15, 0.2) is 0 Å². The van der Waals surface area contributed by atoms with Gasteiger partial charge in [-0.25, -0.2) is 0 Å². The van der Waals surface area contributed by atoms with Crippen LogP contribution in [0.25, 0.3) is 0 Å². The Kier molecular flexibility index (Phi) is 5.56. The van der Waals surface area contributed by atoms with Crippen molar-refractivity contribution in [2.24, 2.45) is 0 Å². The van der Waals surface area contributed by atoms with Crippen LogP contribution in [0.4, 0.5) is 13.2 Å². The van der Waals surface area contributed by atoms with E-state index in [1.54, 1.807) is 11.9 Å². The van der Waals surface area contributed by atoms with Gasteiger partial charge in [-0.1, -0.05) is 12.1 Å². The predicted octanol–water partition coefficient (Wildman–Crippen LogP) is 2.83. The maximum atomic E-state index is 12.4. The lowest BCUT2D eigenvalue weighted by molar-refractivity contribution is -0.137. The minimum absolute atomic E-state index is 0.0498.